The van der Waals surface area contributed by atoms with Crippen molar-refractivity contribution >= 4 is 32.0 Å². The van der Waals surface area contributed by atoms with Crippen molar-refractivity contribution in [2.24, 2.45) is 11.3 Å². The summed E-state index contributed by atoms with van der Waals surface area (Å²) < 4.78 is 56.4. The Bertz CT molecular complexity index is 812. The lowest BCUT2D eigenvalue weighted by molar-refractivity contribution is -0.124. The highest BCUT2D eigenvalue weighted by atomic mass is 32.2. The van der Waals surface area contributed by atoms with Gasteiger partial charge in [0.2, 0.25) is 5.91 Å². The van der Waals surface area contributed by atoms with Crippen molar-refractivity contribution in [2.45, 2.75) is 66.5 Å². The predicted octanol–water partition coefficient (Wildman–Crippen LogP) is 1.46. The van der Waals surface area contributed by atoms with Gasteiger partial charge in [-0.05, 0) is 33.1 Å². The van der Waals surface area contributed by atoms with Gasteiger partial charge in [0.05, 0.1) is 18.1 Å². The van der Waals surface area contributed by atoms with Gasteiger partial charge in [-0.1, -0.05) is 27.7 Å². The van der Waals surface area contributed by atoms with Crippen LogP contribution in [0.3, 0.4) is 0 Å². The Morgan fingerprint density at radius 1 is 0.968 bits per heavy atom. The summed E-state index contributed by atoms with van der Waals surface area (Å²) in [4.78, 5) is 24.6. The van der Waals surface area contributed by atoms with Gasteiger partial charge in [0.25, 0.3) is 10.1 Å². The number of rotatable bonds is 12. The fraction of sp³-hybridized carbons (Fsp3) is 0.895. The van der Waals surface area contributed by atoms with Gasteiger partial charge < -0.3 is 15.4 Å². The normalized spacial score (nSPS) is 14.2. The van der Waals surface area contributed by atoms with Gasteiger partial charge in [0, 0.05) is 18.2 Å². The molecule has 2 amide bonds. The Kier molecular flexibility index (Phi) is 10.9. The first-order valence-electron chi connectivity index (χ1n) is 10.1. The zero-order valence-corrected chi connectivity index (χ0v) is 21.4. The van der Waals surface area contributed by atoms with Crippen molar-refractivity contribution in [3.63, 3.8) is 0 Å². The molecule has 184 valence electrons. The summed E-state index contributed by atoms with van der Waals surface area (Å²) >= 11 is 0. The first kappa shape index (κ1) is 29.6. The Hall–Kier alpha value is -1.40. The van der Waals surface area contributed by atoms with E-state index in [9.17, 15) is 26.4 Å². The molecule has 0 fully saturated rings. The summed E-state index contributed by atoms with van der Waals surface area (Å²) in [6.07, 6.45) is 0.281. The summed E-state index contributed by atoms with van der Waals surface area (Å²) in [5, 5.41) is 5.26. The molecule has 31 heavy (non-hydrogen) atoms. The molecule has 1 atom stereocenters. The third-order valence-corrected chi connectivity index (χ3v) is 6.20. The number of carbonyl (C=O) groups excluding carboxylic acids is 2. The highest BCUT2D eigenvalue weighted by Gasteiger charge is 2.29. The standard InChI is InChI=1S/C19H38N2O8S2/c1-14(2)15(21-17(23)29-18(3,4)5)16(22)20-12-19(6,7)13-28-31(26,27)11-9-10-30(8,24)25/h14-15H,9-13H2,1-8H3,(H,20,22)(H,21,23)/t15-/m0/s1. The minimum absolute atomic E-state index is 0.0509. The monoisotopic (exact) mass is 486 g/mol. The predicted molar refractivity (Wildman–Crippen MR) is 119 cm³/mol. The number of hydrogen-bond donors (Lipinski definition) is 2. The second kappa shape index (κ2) is 11.5. The van der Waals surface area contributed by atoms with Crippen molar-refractivity contribution < 1.29 is 35.3 Å². The topological polar surface area (TPSA) is 145 Å². The minimum atomic E-state index is -3.89. The van der Waals surface area contributed by atoms with E-state index in [-0.39, 0.29) is 31.2 Å². The Balaban J connectivity index is 4.74. The van der Waals surface area contributed by atoms with Crippen molar-refractivity contribution in [1.82, 2.24) is 10.6 Å². The lowest BCUT2D eigenvalue weighted by atomic mass is 9.94. The smallest absolute Gasteiger partial charge is 0.408 e. The lowest BCUT2D eigenvalue weighted by Gasteiger charge is -2.28. The maximum Gasteiger partial charge on any atom is 0.408 e. The van der Waals surface area contributed by atoms with E-state index < -0.39 is 54.8 Å². The van der Waals surface area contributed by atoms with Crippen LogP contribution in [-0.4, -0.2) is 71.4 Å². The highest BCUT2D eigenvalue weighted by Crippen LogP contribution is 2.17. The molecule has 0 unspecified atom stereocenters. The van der Waals surface area contributed by atoms with E-state index in [4.69, 9.17) is 8.92 Å². The first-order chi connectivity index (χ1) is 13.7. The van der Waals surface area contributed by atoms with E-state index in [1.54, 1.807) is 48.5 Å². The van der Waals surface area contributed by atoms with E-state index in [1.807, 2.05) is 0 Å². The fourth-order valence-electron chi connectivity index (χ4n) is 2.26. The molecular formula is C19H38N2O8S2. The third kappa shape index (κ3) is 15.1. The van der Waals surface area contributed by atoms with Crippen molar-refractivity contribution in [3.05, 3.63) is 0 Å². The van der Waals surface area contributed by atoms with Crippen LogP contribution in [0.4, 0.5) is 4.79 Å². The Labute approximate surface area is 186 Å². The average Bonchev–Trinajstić information content (AvgIpc) is 2.53. The number of alkyl carbamates (subject to hydrolysis) is 1. The van der Waals surface area contributed by atoms with Gasteiger partial charge in [0.1, 0.15) is 21.5 Å². The summed E-state index contributed by atoms with van der Waals surface area (Å²) in [5.74, 6) is -1.28. The number of ether oxygens (including phenoxy) is 1. The van der Waals surface area contributed by atoms with Gasteiger partial charge in [-0.25, -0.2) is 13.2 Å². The second-order valence-corrected chi connectivity index (χ2v) is 13.8. The molecule has 0 aliphatic heterocycles. The lowest BCUT2D eigenvalue weighted by Crippen LogP contribution is -2.52. The summed E-state index contributed by atoms with van der Waals surface area (Å²) in [6.45, 7) is 12.0. The molecule has 0 rings (SSSR count). The van der Waals surface area contributed by atoms with Crippen molar-refractivity contribution in [3.8, 4) is 0 Å². The maximum absolute atomic E-state index is 12.6. The molecule has 0 aromatic rings. The van der Waals surface area contributed by atoms with Crippen LogP contribution in [0.25, 0.3) is 0 Å². The van der Waals surface area contributed by atoms with Gasteiger partial charge in [0.15, 0.2) is 0 Å². The molecule has 0 aliphatic rings. The number of carbonyl (C=O) groups is 2. The maximum atomic E-state index is 12.6. The van der Waals surface area contributed by atoms with Gasteiger partial charge >= 0.3 is 6.09 Å². The van der Waals surface area contributed by atoms with Crippen LogP contribution in [0.5, 0.6) is 0 Å². The van der Waals surface area contributed by atoms with Gasteiger partial charge in [-0.3, -0.25) is 8.98 Å². The SMILES string of the molecule is CC(C)[C@H](NC(=O)OC(C)(C)C)C(=O)NCC(C)(C)COS(=O)(=O)CCCS(C)(=O)=O. The largest absolute Gasteiger partial charge is 0.444 e. The summed E-state index contributed by atoms with van der Waals surface area (Å²) in [6, 6.07) is -0.828. The number of sulfone groups is 1. The quantitative estimate of drug-likeness (QED) is 0.394. The van der Waals surface area contributed by atoms with Crippen LogP contribution >= 0.6 is 0 Å². The summed E-state index contributed by atoms with van der Waals surface area (Å²) in [7, 11) is -7.14. The van der Waals surface area contributed by atoms with Crippen molar-refractivity contribution in [1.29, 1.82) is 0 Å². The number of hydrogen-bond acceptors (Lipinski definition) is 8. The zero-order valence-electron chi connectivity index (χ0n) is 19.8. The van der Waals surface area contributed by atoms with Gasteiger partial charge in [-0.2, -0.15) is 8.42 Å². The molecule has 0 saturated carbocycles. The van der Waals surface area contributed by atoms with Gasteiger partial charge in [-0.15, -0.1) is 0 Å². The van der Waals surface area contributed by atoms with Crippen LogP contribution in [-0.2, 0) is 33.7 Å². The molecule has 0 bridgehead atoms. The zero-order chi connectivity index (χ0) is 24.7. The van der Waals surface area contributed by atoms with E-state index in [2.05, 4.69) is 10.6 Å². The van der Waals surface area contributed by atoms with Crippen LogP contribution in [0, 0.1) is 11.3 Å². The molecule has 0 aromatic heterocycles. The van der Waals surface area contributed by atoms with Crippen LogP contribution in [0.15, 0.2) is 0 Å². The number of nitrogens with one attached hydrogen (secondary N) is 2. The molecule has 0 aliphatic carbocycles. The molecule has 0 heterocycles. The summed E-state index contributed by atoms with van der Waals surface area (Å²) in [5.41, 5.74) is -1.43. The molecule has 0 aromatic carbocycles. The van der Waals surface area contributed by atoms with E-state index in [0.717, 1.165) is 6.26 Å². The average molecular weight is 487 g/mol. The molecule has 12 heteroatoms. The van der Waals surface area contributed by atoms with E-state index in [1.165, 1.54) is 0 Å². The highest BCUT2D eigenvalue weighted by molar-refractivity contribution is 7.90. The Morgan fingerprint density at radius 3 is 1.97 bits per heavy atom. The molecule has 0 spiro atoms. The minimum Gasteiger partial charge on any atom is -0.444 e. The molecular weight excluding hydrogens is 448 g/mol. The number of amides is 2. The molecule has 10 nitrogen and oxygen atoms in total. The van der Waals surface area contributed by atoms with Crippen LogP contribution in [0.2, 0.25) is 0 Å². The Morgan fingerprint density at radius 2 is 1.52 bits per heavy atom. The first-order valence-corrected chi connectivity index (χ1v) is 13.7. The molecule has 0 saturated heterocycles. The van der Waals surface area contributed by atoms with Crippen LogP contribution in [0.1, 0.15) is 54.9 Å². The van der Waals surface area contributed by atoms with Crippen LogP contribution < -0.4 is 10.6 Å². The van der Waals surface area contributed by atoms with Crippen molar-refractivity contribution in [2.75, 3.05) is 30.9 Å². The molecule has 0 radical (unpaired) electrons. The van der Waals surface area contributed by atoms with E-state index >= 15 is 0 Å². The molecule has 2 N–H and O–H groups in total. The fourth-order valence-corrected chi connectivity index (χ4v) is 4.23. The van der Waals surface area contributed by atoms with E-state index in [0.29, 0.717) is 0 Å². The second-order valence-electron chi connectivity index (χ2n) is 9.76. The third-order valence-electron chi connectivity index (χ3n) is 3.90.